The van der Waals surface area contributed by atoms with Crippen molar-refractivity contribution in [3.63, 3.8) is 0 Å². The Bertz CT molecular complexity index is 556. The van der Waals surface area contributed by atoms with Crippen molar-refractivity contribution >= 4 is 11.6 Å². The van der Waals surface area contributed by atoms with Gasteiger partial charge in [0.1, 0.15) is 5.82 Å². The molecule has 2 aromatic rings. The van der Waals surface area contributed by atoms with Gasteiger partial charge >= 0.3 is 0 Å². The molecule has 0 spiro atoms. The second kappa shape index (κ2) is 6.17. The van der Waals surface area contributed by atoms with Crippen LogP contribution >= 0.6 is 11.6 Å². The van der Waals surface area contributed by atoms with Crippen molar-refractivity contribution in [2.24, 2.45) is 0 Å². The number of nitrogens with zero attached hydrogens (tertiary/aromatic N) is 2. The quantitative estimate of drug-likeness (QED) is 0.913. The Hall–Kier alpha value is -1.39. The fourth-order valence-electron chi connectivity index (χ4n) is 1.93. The van der Waals surface area contributed by atoms with Crippen LogP contribution in [0.3, 0.4) is 0 Å². The first-order valence-electron chi connectivity index (χ1n) is 6.24. The number of aryl methyl sites for hydroxylation is 1. The Balaban J connectivity index is 2.11. The highest BCUT2D eigenvalue weighted by Gasteiger charge is 2.13. The topological polar surface area (TPSA) is 38.0 Å². The average Bonchev–Trinajstić information content (AvgIpc) is 2.83. The fourth-order valence-corrected chi connectivity index (χ4v) is 2.12. The molecule has 0 aliphatic rings. The van der Waals surface area contributed by atoms with Gasteiger partial charge in [-0.2, -0.15) is 5.10 Å². The number of halogens is 2. The Labute approximate surface area is 116 Å². The summed E-state index contributed by atoms with van der Waals surface area (Å²) in [4.78, 5) is 0. The van der Waals surface area contributed by atoms with Gasteiger partial charge in [0.15, 0.2) is 0 Å². The van der Waals surface area contributed by atoms with Crippen LogP contribution in [-0.2, 0) is 13.0 Å². The number of aromatic nitrogens is 2. The molecule has 19 heavy (non-hydrogen) atoms. The average molecular weight is 283 g/mol. The molecule has 0 aliphatic heterocycles. The van der Waals surface area contributed by atoms with Gasteiger partial charge in [-0.05, 0) is 30.2 Å². The third kappa shape index (κ3) is 3.55. The second-order valence-electron chi connectivity index (χ2n) is 4.49. The van der Waals surface area contributed by atoms with Crippen LogP contribution in [0.4, 0.5) is 4.39 Å². The lowest BCUT2D eigenvalue weighted by molar-refractivity contribution is 0.178. The number of hydrogen-bond donors (Lipinski definition) is 1. The summed E-state index contributed by atoms with van der Waals surface area (Å²) in [5.41, 5.74) is 1.31. The predicted octanol–water partition coefficient (Wildman–Crippen LogP) is 3.36. The third-order valence-corrected chi connectivity index (χ3v) is 3.28. The molecule has 0 bridgehead atoms. The van der Waals surface area contributed by atoms with E-state index in [1.807, 2.05) is 0 Å². The summed E-state index contributed by atoms with van der Waals surface area (Å²) in [7, 11) is 0. The van der Waals surface area contributed by atoms with Crippen LogP contribution in [0, 0.1) is 5.82 Å². The van der Waals surface area contributed by atoms with E-state index in [1.54, 1.807) is 17.1 Å². The number of aliphatic hydroxyl groups excluding tert-OH is 1. The van der Waals surface area contributed by atoms with Crippen LogP contribution in [0.5, 0.6) is 0 Å². The first-order valence-corrected chi connectivity index (χ1v) is 6.62. The van der Waals surface area contributed by atoms with E-state index in [0.717, 1.165) is 13.0 Å². The Morgan fingerprint density at radius 3 is 3.00 bits per heavy atom. The molecule has 1 atom stereocenters. The molecule has 0 saturated heterocycles. The highest BCUT2D eigenvalue weighted by molar-refractivity contribution is 6.31. The van der Waals surface area contributed by atoms with Crippen molar-refractivity contribution in [2.45, 2.75) is 32.4 Å². The predicted molar refractivity (Wildman–Crippen MR) is 72.6 cm³/mol. The van der Waals surface area contributed by atoms with Gasteiger partial charge < -0.3 is 5.11 Å². The maximum Gasteiger partial charge on any atom is 0.123 e. The summed E-state index contributed by atoms with van der Waals surface area (Å²) in [6.07, 6.45) is 3.96. The molecule has 0 amide bonds. The third-order valence-electron chi connectivity index (χ3n) is 2.91. The van der Waals surface area contributed by atoms with Gasteiger partial charge in [0, 0.05) is 29.7 Å². The van der Waals surface area contributed by atoms with Crippen LogP contribution in [0.2, 0.25) is 5.02 Å². The Morgan fingerprint density at radius 2 is 2.26 bits per heavy atom. The fraction of sp³-hybridized carbons (Fsp3) is 0.357. The lowest BCUT2D eigenvalue weighted by Crippen LogP contribution is -2.02. The Kier molecular flexibility index (Phi) is 4.56. The number of rotatable bonds is 5. The molecule has 5 heteroatoms. The Morgan fingerprint density at radius 1 is 1.47 bits per heavy atom. The van der Waals surface area contributed by atoms with Crippen molar-refractivity contribution in [3.05, 3.63) is 52.6 Å². The van der Waals surface area contributed by atoms with E-state index in [-0.39, 0.29) is 12.2 Å². The highest BCUT2D eigenvalue weighted by Crippen LogP contribution is 2.24. The van der Waals surface area contributed by atoms with Crippen LogP contribution in [0.25, 0.3) is 0 Å². The van der Waals surface area contributed by atoms with Crippen molar-refractivity contribution in [1.29, 1.82) is 0 Å². The number of hydrogen-bond acceptors (Lipinski definition) is 2. The second-order valence-corrected chi connectivity index (χ2v) is 4.90. The number of aliphatic hydroxyl groups is 1. The van der Waals surface area contributed by atoms with Gasteiger partial charge in [0.25, 0.3) is 0 Å². The van der Waals surface area contributed by atoms with Gasteiger partial charge in [-0.3, -0.25) is 4.68 Å². The van der Waals surface area contributed by atoms with Crippen LogP contribution in [0.15, 0.2) is 30.6 Å². The maximum atomic E-state index is 13.1. The zero-order chi connectivity index (χ0) is 13.8. The summed E-state index contributed by atoms with van der Waals surface area (Å²) < 4.78 is 14.9. The molecule has 0 aliphatic carbocycles. The summed E-state index contributed by atoms with van der Waals surface area (Å²) in [6.45, 7) is 2.87. The molecule has 1 aromatic carbocycles. The van der Waals surface area contributed by atoms with Crippen LogP contribution in [0.1, 0.15) is 30.6 Å². The summed E-state index contributed by atoms with van der Waals surface area (Å²) in [5, 5.41) is 14.8. The van der Waals surface area contributed by atoms with E-state index in [1.165, 1.54) is 18.2 Å². The van der Waals surface area contributed by atoms with Gasteiger partial charge in [-0.15, -0.1) is 0 Å². The summed E-state index contributed by atoms with van der Waals surface area (Å²) in [5.74, 6) is -0.353. The van der Waals surface area contributed by atoms with E-state index >= 15 is 0 Å². The highest BCUT2D eigenvalue weighted by atomic mass is 35.5. The SMILES string of the molecule is CCCn1cc(C(O)Cc2cc(F)ccc2Cl)cn1. The largest absolute Gasteiger partial charge is 0.388 e. The van der Waals surface area contributed by atoms with E-state index in [2.05, 4.69) is 12.0 Å². The van der Waals surface area contributed by atoms with Crippen molar-refractivity contribution in [2.75, 3.05) is 0 Å². The summed E-state index contributed by atoms with van der Waals surface area (Å²) >= 11 is 5.98. The van der Waals surface area contributed by atoms with E-state index in [9.17, 15) is 9.50 Å². The molecule has 102 valence electrons. The number of benzene rings is 1. The first kappa shape index (κ1) is 14.0. The molecule has 1 N–H and O–H groups in total. The molecular formula is C14H16ClFN2O. The summed E-state index contributed by atoms with van der Waals surface area (Å²) in [6, 6.07) is 4.15. The van der Waals surface area contributed by atoms with Crippen molar-refractivity contribution < 1.29 is 9.50 Å². The van der Waals surface area contributed by atoms with Gasteiger partial charge in [0.2, 0.25) is 0 Å². The molecule has 1 aromatic heterocycles. The molecule has 2 rings (SSSR count). The molecule has 1 heterocycles. The zero-order valence-corrected chi connectivity index (χ0v) is 11.4. The normalized spacial score (nSPS) is 12.6. The van der Waals surface area contributed by atoms with Gasteiger partial charge in [-0.1, -0.05) is 18.5 Å². The zero-order valence-electron chi connectivity index (χ0n) is 10.7. The van der Waals surface area contributed by atoms with Gasteiger partial charge in [0.05, 0.1) is 12.3 Å². The van der Waals surface area contributed by atoms with Gasteiger partial charge in [-0.25, -0.2) is 4.39 Å². The molecule has 0 radical (unpaired) electrons. The minimum Gasteiger partial charge on any atom is -0.388 e. The molecule has 0 fully saturated rings. The smallest absolute Gasteiger partial charge is 0.123 e. The van der Waals surface area contributed by atoms with E-state index < -0.39 is 6.10 Å². The maximum absolute atomic E-state index is 13.1. The lowest BCUT2D eigenvalue weighted by Gasteiger charge is -2.10. The van der Waals surface area contributed by atoms with E-state index in [4.69, 9.17) is 11.6 Å². The molecular weight excluding hydrogens is 267 g/mol. The standard InChI is InChI=1S/C14H16ClFN2O/c1-2-5-18-9-11(8-17-18)14(19)7-10-6-12(16)3-4-13(10)15/h3-4,6,8-9,14,19H,2,5,7H2,1H3. The molecule has 1 unspecified atom stereocenters. The minimum absolute atomic E-state index is 0.272. The van der Waals surface area contributed by atoms with Crippen molar-refractivity contribution in [3.8, 4) is 0 Å². The van der Waals surface area contributed by atoms with Crippen LogP contribution in [-0.4, -0.2) is 14.9 Å². The van der Waals surface area contributed by atoms with Crippen molar-refractivity contribution in [1.82, 2.24) is 9.78 Å². The minimum atomic E-state index is -0.732. The van der Waals surface area contributed by atoms with Crippen LogP contribution < -0.4 is 0 Å². The van der Waals surface area contributed by atoms with E-state index in [0.29, 0.717) is 16.1 Å². The monoisotopic (exact) mass is 282 g/mol. The lowest BCUT2D eigenvalue weighted by atomic mass is 10.0. The molecule has 0 saturated carbocycles. The molecule has 3 nitrogen and oxygen atoms in total. The first-order chi connectivity index (χ1) is 9.10.